The van der Waals surface area contributed by atoms with Crippen LogP contribution in [0.15, 0.2) is 24.3 Å². The third-order valence-electron chi connectivity index (χ3n) is 2.28. The lowest BCUT2D eigenvalue weighted by Crippen LogP contribution is -2.27. The van der Waals surface area contributed by atoms with Gasteiger partial charge in [-0.05, 0) is 36.5 Å². The summed E-state index contributed by atoms with van der Waals surface area (Å²) in [6.45, 7) is 1.66. The zero-order chi connectivity index (χ0) is 10.8. The molecule has 0 bridgehead atoms. The SMILES string of the molecule is O=C(O)c1ccc(N2CCNC2=S)cc1. The third kappa shape index (κ3) is 1.92. The number of anilines is 1. The first kappa shape index (κ1) is 9.92. The van der Waals surface area contributed by atoms with Gasteiger partial charge in [0.2, 0.25) is 0 Å². The van der Waals surface area contributed by atoms with Crippen LogP contribution in [0.4, 0.5) is 5.69 Å². The molecule has 0 unspecified atom stereocenters. The van der Waals surface area contributed by atoms with Crippen LogP contribution in [-0.2, 0) is 0 Å². The van der Waals surface area contributed by atoms with E-state index in [1.165, 1.54) is 0 Å². The summed E-state index contributed by atoms with van der Waals surface area (Å²) in [6, 6.07) is 6.70. The Kier molecular flexibility index (Phi) is 2.55. The highest BCUT2D eigenvalue weighted by atomic mass is 32.1. The zero-order valence-corrected chi connectivity index (χ0v) is 8.75. The summed E-state index contributed by atoms with van der Waals surface area (Å²) in [6.07, 6.45) is 0. The number of nitrogens with one attached hydrogen (secondary N) is 1. The van der Waals surface area contributed by atoms with Gasteiger partial charge in [-0.3, -0.25) is 0 Å². The smallest absolute Gasteiger partial charge is 0.335 e. The molecule has 0 saturated carbocycles. The van der Waals surface area contributed by atoms with Crippen molar-refractivity contribution in [1.29, 1.82) is 0 Å². The lowest BCUT2D eigenvalue weighted by atomic mass is 10.2. The van der Waals surface area contributed by atoms with E-state index in [1.54, 1.807) is 24.3 Å². The van der Waals surface area contributed by atoms with Gasteiger partial charge in [0, 0.05) is 18.8 Å². The van der Waals surface area contributed by atoms with Gasteiger partial charge in [-0.15, -0.1) is 0 Å². The number of rotatable bonds is 2. The molecule has 5 heteroatoms. The number of benzene rings is 1. The number of carboxylic acid groups (broad SMARTS) is 1. The average Bonchev–Trinajstić information content (AvgIpc) is 2.65. The molecular formula is C10H10N2O2S. The standard InChI is InChI=1S/C10H10N2O2S/c13-9(14)7-1-3-8(4-2-7)12-6-5-11-10(12)15/h1-4H,5-6H2,(H,11,15)(H,13,14). The molecule has 1 aromatic rings. The van der Waals surface area contributed by atoms with Crippen LogP contribution in [0.5, 0.6) is 0 Å². The normalized spacial score (nSPS) is 15.2. The summed E-state index contributed by atoms with van der Waals surface area (Å²) >= 11 is 5.11. The first-order valence-electron chi connectivity index (χ1n) is 4.57. The fraction of sp³-hybridized carbons (Fsp3) is 0.200. The maximum atomic E-state index is 10.6. The van der Waals surface area contributed by atoms with Crippen molar-refractivity contribution in [2.75, 3.05) is 18.0 Å². The van der Waals surface area contributed by atoms with E-state index in [1.807, 2.05) is 4.90 Å². The predicted molar refractivity (Wildman–Crippen MR) is 61.3 cm³/mol. The Morgan fingerprint density at radius 2 is 2.07 bits per heavy atom. The average molecular weight is 222 g/mol. The van der Waals surface area contributed by atoms with Crippen LogP contribution in [-0.4, -0.2) is 29.3 Å². The molecule has 1 heterocycles. The van der Waals surface area contributed by atoms with E-state index in [2.05, 4.69) is 5.32 Å². The van der Waals surface area contributed by atoms with Gasteiger partial charge in [0.1, 0.15) is 0 Å². The molecule has 0 radical (unpaired) electrons. The fourth-order valence-corrected chi connectivity index (χ4v) is 1.80. The number of carbonyl (C=O) groups is 1. The lowest BCUT2D eigenvalue weighted by molar-refractivity contribution is 0.0697. The monoisotopic (exact) mass is 222 g/mol. The number of carboxylic acids is 1. The number of aromatic carboxylic acids is 1. The molecule has 2 rings (SSSR count). The van der Waals surface area contributed by atoms with Crippen LogP contribution >= 0.6 is 12.2 Å². The number of hydrogen-bond acceptors (Lipinski definition) is 2. The van der Waals surface area contributed by atoms with Gasteiger partial charge in [-0.2, -0.15) is 0 Å². The van der Waals surface area contributed by atoms with Gasteiger partial charge < -0.3 is 15.3 Å². The molecule has 2 N–H and O–H groups in total. The molecule has 1 aromatic carbocycles. The molecule has 0 spiro atoms. The number of nitrogens with zero attached hydrogens (tertiary/aromatic N) is 1. The Morgan fingerprint density at radius 3 is 2.53 bits per heavy atom. The maximum absolute atomic E-state index is 10.6. The Labute approximate surface area is 92.5 Å². The first-order chi connectivity index (χ1) is 7.18. The van der Waals surface area contributed by atoms with Gasteiger partial charge in [-0.1, -0.05) is 0 Å². The summed E-state index contributed by atoms with van der Waals surface area (Å²) < 4.78 is 0. The maximum Gasteiger partial charge on any atom is 0.335 e. The van der Waals surface area contributed by atoms with Crippen LogP contribution < -0.4 is 10.2 Å². The zero-order valence-electron chi connectivity index (χ0n) is 7.93. The highest BCUT2D eigenvalue weighted by Crippen LogP contribution is 2.17. The topological polar surface area (TPSA) is 52.6 Å². The number of thiocarbonyl (C=S) groups is 1. The molecule has 1 saturated heterocycles. The number of hydrogen-bond donors (Lipinski definition) is 2. The van der Waals surface area contributed by atoms with Gasteiger partial charge in [0.25, 0.3) is 0 Å². The Balaban J connectivity index is 2.23. The van der Waals surface area contributed by atoms with Crippen LogP contribution in [0.2, 0.25) is 0 Å². The molecular weight excluding hydrogens is 212 g/mol. The van der Waals surface area contributed by atoms with Gasteiger partial charge >= 0.3 is 5.97 Å². The second-order valence-electron chi connectivity index (χ2n) is 3.24. The van der Waals surface area contributed by atoms with Crippen molar-refractivity contribution in [3.05, 3.63) is 29.8 Å². The minimum absolute atomic E-state index is 0.289. The Bertz CT molecular complexity index is 402. The summed E-state index contributed by atoms with van der Waals surface area (Å²) in [5, 5.41) is 12.5. The Hall–Kier alpha value is -1.62. The van der Waals surface area contributed by atoms with Crippen molar-refractivity contribution < 1.29 is 9.90 Å². The molecule has 0 aromatic heterocycles. The highest BCUT2D eigenvalue weighted by molar-refractivity contribution is 7.80. The molecule has 78 valence electrons. The molecule has 1 fully saturated rings. The molecule has 1 aliphatic rings. The molecule has 4 nitrogen and oxygen atoms in total. The minimum atomic E-state index is -0.913. The van der Waals surface area contributed by atoms with E-state index < -0.39 is 5.97 Å². The molecule has 0 aliphatic carbocycles. The second kappa shape index (κ2) is 3.86. The quantitative estimate of drug-likeness (QED) is 0.733. The van der Waals surface area contributed by atoms with Gasteiger partial charge in [0.15, 0.2) is 5.11 Å². The van der Waals surface area contributed by atoms with E-state index in [-0.39, 0.29) is 5.56 Å². The van der Waals surface area contributed by atoms with Crippen molar-refractivity contribution in [1.82, 2.24) is 5.32 Å². The molecule has 1 aliphatic heterocycles. The third-order valence-corrected chi connectivity index (χ3v) is 2.65. The lowest BCUT2D eigenvalue weighted by Gasteiger charge is -2.16. The van der Waals surface area contributed by atoms with E-state index in [9.17, 15) is 4.79 Å². The predicted octanol–water partition coefficient (Wildman–Crippen LogP) is 1.08. The van der Waals surface area contributed by atoms with E-state index in [0.29, 0.717) is 5.11 Å². The van der Waals surface area contributed by atoms with Crippen LogP contribution in [0.25, 0.3) is 0 Å². The Morgan fingerprint density at radius 1 is 1.40 bits per heavy atom. The van der Waals surface area contributed by atoms with Gasteiger partial charge in [0.05, 0.1) is 5.56 Å². The van der Waals surface area contributed by atoms with E-state index in [4.69, 9.17) is 17.3 Å². The van der Waals surface area contributed by atoms with Crippen LogP contribution in [0.3, 0.4) is 0 Å². The van der Waals surface area contributed by atoms with E-state index >= 15 is 0 Å². The van der Waals surface area contributed by atoms with Crippen molar-refractivity contribution in [3.63, 3.8) is 0 Å². The summed E-state index contributed by atoms with van der Waals surface area (Å²) in [5.74, 6) is -0.913. The summed E-state index contributed by atoms with van der Waals surface area (Å²) in [7, 11) is 0. The van der Waals surface area contributed by atoms with Crippen molar-refractivity contribution in [3.8, 4) is 0 Å². The first-order valence-corrected chi connectivity index (χ1v) is 4.98. The van der Waals surface area contributed by atoms with Crippen LogP contribution in [0.1, 0.15) is 10.4 Å². The summed E-state index contributed by atoms with van der Waals surface area (Å²) in [5.41, 5.74) is 1.21. The minimum Gasteiger partial charge on any atom is -0.478 e. The highest BCUT2D eigenvalue weighted by Gasteiger charge is 2.17. The fourth-order valence-electron chi connectivity index (χ4n) is 1.50. The van der Waals surface area contributed by atoms with Crippen molar-refractivity contribution >= 4 is 29.0 Å². The van der Waals surface area contributed by atoms with Crippen molar-refractivity contribution in [2.24, 2.45) is 0 Å². The van der Waals surface area contributed by atoms with Crippen LogP contribution in [0, 0.1) is 0 Å². The molecule has 15 heavy (non-hydrogen) atoms. The second-order valence-corrected chi connectivity index (χ2v) is 3.62. The van der Waals surface area contributed by atoms with E-state index in [0.717, 1.165) is 18.8 Å². The largest absolute Gasteiger partial charge is 0.478 e. The molecule has 0 amide bonds. The van der Waals surface area contributed by atoms with Gasteiger partial charge in [-0.25, -0.2) is 4.79 Å². The van der Waals surface area contributed by atoms with Crippen molar-refractivity contribution in [2.45, 2.75) is 0 Å². The summed E-state index contributed by atoms with van der Waals surface area (Å²) in [4.78, 5) is 12.6. The molecule has 0 atom stereocenters.